The van der Waals surface area contributed by atoms with Crippen molar-refractivity contribution in [3.8, 4) is 5.75 Å². The van der Waals surface area contributed by atoms with E-state index in [0.29, 0.717) is 32.6 Å². The van der Waals surface area contributed by atoms with Gasteiger partial charge < -0.3 is 20.1 Å². The lowest BCUT2D eigenvalue weighted by Crippen LogP contribution is -2.41. The van der Waals surface area contributed by atoms with E-state index in [4.69, 9.17) is 15.2 Å². The van der Waals surface area contributed by atoms with Crippen LogP contribution in [0.25, 0.3) is 0 Å². The number of likely N-dealkylation sites (tertiary alicyclic amines) is 1. The molecule has 1 heterocycles. The lowest BCUT2D eigenvalue weighted by atomic mass is 10.1. The van der Waals surface area contributed by atoms with Crippen molar-refractivity contribution in [1.82, 2.24) is 4.90 Å². The van der Waals surface area contributed by atoms with Crippen LogP contribution in [0, 0.1) is 5.82 Å². The SMILES string of the molecule is NCCCOC1CCN(C(=O)CCCOc2ccccc2F)CC1. The summed E-state index contributed by atoms with van der Waals surface area (Å²) in [5.74, 6) is -0.00605. The first-order valence-corrected chi connectivity index (χ1v) is 8.67. The predicted octanol–water partition coefficient (Wildman–Crippen LogP) is 2.34. The predicted molar refractivity (Wildman–Crippen MR) is 90.4 cm³/mol. The normalized spacial score (nSPS) is 15.5. The van der Waals surface area contributed by atoms with E-state index in [1.807, 2.05) is 4.90 Å². The lowest BCUT2D eigenvalue weighted by Gasteiger charge is -2.32. The zero-order valence-corrected chi connectivity index (χ0v) is 14.1. The second-order valence-corrected chi connectivity index (χ2v) is 5.98. The Morgan fingerprint density at radius 3 is 2.67 bits per heavy atom. The van der Waals surface area contributed by atoms with E-state index >= 15 is 0 Å². The number of benzene rings is 1. The van der Waals surface area contributed by atoms with Gasteiger partial charge in [0.15, 0.2) is 11.6 Å². The molecule has 1 aliphatic heterocycles. The molecule has 134 valence electrons. The van der Waals surface area contributed by atoms with Gasteiger partial charge in [-0.3, -0.25) is 4.79 Å². The molecule has 2 rings (SSSR count). The minimum atomic E-state index is -0.375. The maximum atomic E-state index is 13.4. The minimum Gasteiger partial charge on any atom is -0.491 e. The summed E-state index contributed by atoms with van der Waals surface area (Å²) in [7, 11) is 0. The minimum absolute atomic E-state index is 0.132. The average molecular weight is 338 g/mol. The summed E-state index contributed by atoms with van der Waals surface area (Å²) in [5, 5.41) is 0. The van der Waals surface area contributed by atoms with Crippen LogP contribution in [0.4, 0.5) is 4.39 Å². The van der Waals surface area contributed by atoms with Gasteiger partial charge in [0, 0.05) is 26.1 Å². The first-order valence-electron chi connectivity index (χ1n) is 8.67. The number of carbonyl (C=O) groups excluding carboxylic acids is 1. The Bertz CT molecular complexity index is 505. The molecule has 1 fully saturated rings. The maximum absolute atomic E-state index is 13.4. The van der Waals surface area contributed by atoms with E-state index in [2.05, 4.69) is 0 Å². The van der Waals surface area contributed by atoms with Crippen LogP contribution in [0.1, 0.15) is 32.1 Å². The van der Waals surface area contributed by atoms with Crippen molar-refractivity contribution in [2.75, 3.05) is 32.8 Å². The smallest absolute Gasteiger partial charge is 0.222 e. The van der Waals surface area contributed by atoms with E-state index in [1.165, 1.54) is 6.07 Å². The van der Waals surface area contributed by atoms with Crippen LogP contribution in [0.5, 0.6) is 5.75 Å². The fourth-order valence-electron chi connectivity index (χ4n) is 2.73. The molecule has 1 amide bonds. The second kappa shape index (κ2) is 10.3. The van der Waals surface area contributed by atoms with Gasteiger partial charge in [0.05, 0.1) is 12.7 Å². The molecule has 0 aliphatic carbocycles. The van der Waals surface area contributed by atoms with Crippen molar-refractivity contribution >= 4 is 5.91 Å². The highest BCUT2D eigenvalue weighted by molar-refractivity contribution is 5.76. The molecule has 0 spiro atoms. The van der Waals surface area contributed by atoms with E-state index < -0.39 is 0 Å². The van der Waals surface area contributed by atoms with Gasteiger partial charge in [0.25, 0.3) is 0 Å². The van der Waals surface area contributed by atoms with E-state index in [9.17, 15) is 9.18 Å². The summed E-state index contributed by atoms with van der Waals surface area (Å²) in [6, 6.07) is 6.30. The number of rotatable bonds is 9. The molecule has 0 saturated carbocycles. The van der Waals surface area contributed by atoms with Crippen molar-refractivity contribution < 1.29 is 18.7 Å². The van der Waals surface area contributed by atoms with Crippen molar-refractivity contribution in [2.24, 2.45) is 5.73 Å². The molecule has 1 aromatic rings. The molecule has 0 bridgehead atoms. The maximum Gasteiger partial charge on any atom is 0.222 e. The van der Waals surface area contributed by atoms with Crippen molar-refractivity contribution in [1.29, 1.82) is 0 Å². The van der Waals surface area contributed by atoms with Gasteiger partial charge in [-0.05, 0) is 44.4 Å². The molecular weight excluding hydrogens is 311 g/mol. The number of hydrogen-bond donors (Lipinski definition) is 1. The third-order valence-electron chi connectivity index (χ3n) is 4.13. The van der Waals surface area contributed by atoms with Crippen LogP contribution >= 0.6 is 0 Å². The highest BCUT2D eigenvalue weighted by atomic mass is 19.1. The third kappa shape index (κ3) is 6.09. The number of nitrogens with two attached hydrogens (primary N) is 1. The molecule has 5 nitrogen and oxygen atoms in total. The van der Waals surface area contributed by atoms with Gasteiger partial charge in [-0.1, -0.05) is 12.1 Å². The molecule has 0 unspecified atom stereocenters. The Morgan fingerprint density at radius 2 is 1.96 bits per heavy atom. The largest absolute Gasteiger partial charge is 0.491 e. The van der Waals surface area contributed by atoms with Gasteiger partial charge in [-0.25, -0.2) is 4.39 Å². The van der Waals surface area contributed by atoms with Crippen LogP contribution in [0.3, 0.4) is 0 Å². The zero-order valence-electron chi connectivity index (χ0n) is 14.1. The van der Waals surface area contributed by atoms with Crippen molar-refractivity contribution in [3.05, 3.63) is 30.1 Å². The molecular formula is C18H27FN2O3. The summed E-state index contributed by atoms with van der Waals surface area (Å²) in [6.45, 7) is 3.15. The van der Waals surface area contributed by atoms with Crippen LogP contribution in [-0.2, 0) is 9.53 Å². The molecule has 24 heavy (non-hydrogen) atoms. The highest BCUT2D eigenvalue weighted by Gasteiger charge is 2.22. The molecule has 1 saturated heterocycles. The summed E-state index contributed by atoms with van der Waals surface area (Å²) in [6.07, 6.45) is 3.88. The number of piperidine rings is 1. The lowest BCUT2D eigenvalue weighted by molar-refractivity contribution is -0.134. The number of nitrogens with zero attached hydrogens (tertiary/aromatic N) is 1. The summed E-state index contributed by atoms with van der Waals surface area (Å²) < 4.78 is 24.5. The Balaban J connectivity index is 1.59. The number of ether oxygens (including phenoxy) is 2. The number of amides is 1. The quantitative estimate of drug-likeness (QED) is 0.702. The highest BCUT2D eigenvalue weighted by Crippen LogP contribution is 2.17. The summed E-state index contributed by atoms with van der Waals surface area (Å²) in [5.41, 5.74) is 5.45. The van der Waals surface area contributed by atoms with Gasteiger partial charge in [-0.2, -0.15) is 0 Å². The first-order chi connectivity index (χ1) is 11.7. The molecule has 0 radical (unpaired) electrons. The molecule has 6 heteroatoms. The number of hydrogen-bond acceptors (Lipinski definition) is 4. The molecule has 2 N–H and O–H groups in total. The van der Waals surface area contributed by atoms with Gasteiger partial charge >= 0.3 is 0 Å². The molecule has 0 aromatic heterocycles. The van der Waals surface area contributed by atoms with Crippen LogP contribution in [0.2, 0.25) is 0 Å². The van der Waals surface area contributed by atoms with E-state index in [-0.39, 0.29) is 23.6 Å². The van der Waals surface area contributed by atoms with E-state index in [1.54, 1.807) is 18.2 Å². The second-order valence-electron chi connectivity index (χ2n) is 5.98. The Hall–Kier alpha value is -1.66. The van der Waals surface area contributed by atoms with Crippen molar-refractivity contribution in [3.63, 3.8) is 0 Å². The van der Waals surface area contributed by atoms with Crippen LogP contribution in [0.15, 0.2) is 24.3 Å². The zero-order chi connectivity index (χ0) is 17.2. The first kappa shape index (κ1) is 18.7. The van der Waals surface area contributed by atoms with Crippen molar-refractivity contribution in [2.45, 2.75) is 38.2 Å². The number of carbonyl (C=O) groups is 1. The molecule has 1 aliphatic rings. The van der Waals surface area contributed by atoms with Gasteiger partial charge in [0.1, 0.15) is 0 Å². The molecule has 1 aromatic carbocycles. The monoisotopic (exact) mass is 338 g/mol. The van der Waals surface area contributed by atoms with Gasteiger partial charge in [0.2, 0.25) is 5.91 Å². The number of para-hydroxylation sites is 1. The Kier molecular flexibility index (Phi) is 7.98. The average Bonchev–Trinajstić information content (AvgIpc) is 2.61. The fraction of sp³-hybridized carbons (Fsp3) is 0.611. The third-order valence-corrected chi connectivity index (χ3v) is 4.13. The van der Waals surface area contributed by atoms with Crippen LogP contribution in [-0.4, -0.2) is 49.8 Å². The fourth-order valence-corrected chi connectivity index (χ4v) is 2.73. The topological polar surface area (TPSA) is 64.8 Å². The molecule has 0 atom stereocenters. The summed E-state index contributed by atoms with van der Waals surface area (Å²) >= 11 is 0. The van der Waals surface area contributed by atoms with Crippen LogP contribution < -0.4 is 10.5 Å². The standard InChI is InChI=1S/C18H27FN2O3/c19-16-5-1-2-6-17(16)24-13-3-7-18(22)21-11-8-15(9-12-21)23-14-4-10-20/h1-2,5-6,15H,3-4,7-14,20H2. The van der Waals surface area contributed by atoms with Gasteiger partial charge in [-0.15, -0.1) is 0 Å². The Labute approximate surface area is 142 Å². The summed E-state index contributed by atoms with van der Waals surface area (Å²) in [4.78, 5) is 14.1. The van der Waals surface area contributed by atoms with E-state index in [0.717, 1.165) is 32.4 Å². The Morgan fingerprint density at radius 1 is 1.21 bits per heavy atom. The number of halogens is 1.